The van der Waals surface area contributed by atoms with Crippen molar-refractivity contribution in [2.24, 2.45) is 0 Å². The van der Waals surface area contributed by atoms with E-state index in [1.54, 1.807) is 12.1 Å². The SMILES string of the molecule is CS(=O)(=O)[O-].O=C(/C=C/c1ccc(O)c(O)c1)NCCCCCC[P+](c1ccccc1)(c1ccccc1)c1ccccc1. The van der Waals surface area contributed by atoms with Crippen LogP contribution in [0.25, 0.3) is 6.08 Å². The van der Waals surface area contributed by atoms with Crippen molar-refractivity contribution in [3.63, 3.8) is 0 Å². The molecule has 0 atom stereocenters. The van der Waals surface area contributed by atoms with Crippen LogP contribution in [0.15, 0.2) is 115 Å². The van der Waals surface area contributed by atoms with Gasteiger partial charge in [-0.15, -0.1) is 0 Å². The molecule has 1 amide bonds. The van der Waals surface area contributed by atoms with Gasteiger partial charge in [0, 0.05) is 18.9 Å². The van der Waals surface area contributed by atoms with Gasteiger partial charge in [-0.1, -0.05) is 67.1 Å². The Bertz CT molecular complexity index is 1460. The number of aromatic hydroxyl groups is 2. The number of amides is 1. The highest BCUT2D eigenvalue weighted by molar-refractivity contribution is 7.95. The lowest BCUT2D eigenvalue weighted by molar-refractivity contribution is -0.116. The van der Waals surface area contributed by atoms with Crippen LogP contribution in [0.4, 0.5) is 0 Å². The van der Waals surface area contributed by atoms with E-state index in [9.17, 15) is 15.0 Å². The molecule has 0 heterocycles. The lowest BCUT2D eigenvalue weighted by Gasteiger charge is -2.27. The summed E-state index contributed by atoms with van der Waals surface area (Å²) < 4.78 is 27.2. The maximum Gasteiger partial charge on any atom is 0.243 e. The van der Waals surface area contributed by atoms with Crippen LogP contribution in [-0.4, -0.2) is 48.1 Å². The third kappa shape index (κ3) is 11.0. The van der Waals surface area contributed by atoms with Crippen molar-refractivity contribution in [2.45, 2.75) is 25.7 Å². The van der Waals surface area contributed by atoms with Crippen LogP contribution in [0.1, 0.15) is 31.2 Å². The quantitative estimate of drug-likeness (QED) is 0.0678. The maximum atomic E-state index is 12.2. The minimum absolute atomic E-state index is 0.167. The molecule has 226 valence electrons. The van der Waals surface area contributed by atoms with E-state index in [1.807, 2.05) is 0 Å². The first-order chi connectivity index (χ1) is 20.6. The normalized spacial score (nSPS) is 11.5. The highest BCUT2D eigenvalue weighted by Crippen LogP contribution is 2.56. The van der Waals surface area contributed by atoms with Gasteiger partial charge in [0.05, 0.1) is 16.3 Å². The van der Waals surface area contributed by atoms with Crippen molar-refractivity contribution in [1.29, 1.82) is 0 Å². The molecule has 0 saturated carbocycles. The number of unbranched alkanes of at least 4 members (excludes halogenated alkanes) is 3. The third-order valence-corrected chi connectivity index (χ3v) is 11.3. The fourth-order valence-electron chi connectivity index (χ4n) is 4.80. The van der Waals surface area contributed by atoms with Crippen molar-refractivity contribution < 1.29 is 28.0 Å². The minimum Gasteiger partial charge on any atom is -0.748 e. The van der Waals surface area contributed by atoms with Gasteiger partial charge in [0.1, 0.15) is 23.2 Å². The fourth-order valence-corrected chi connectivity index (χ4v) is 9.21. The Morgan fingerprint density at radius 1 is 0.744 bits per heavy atom. The molecule has 4 aromatic carbocycles. The van der Waals surface area contributed by atoms with Gasteiger partial charge >= 0.3 is 0 Å². The van der Waals surface area contributed by atoms with Crippen LogP contribution in [0.2, 0.25) is 0 Å². The van der Waals surface area contributed by atoms with Gasteiger partial charge in [0.15, 0.2) is 11.5 Å². The zero-order valence-electron chi connectivity index (χ0n) is 24.2. The van der Waals surface area contributed by atoms with E-state index in [2.05, 4.69) is 96.3 Å². The molecule has 3 N–H and O–H groups in total. The first kappa shape index (κ1) is 33.5. The molecule has 4 aromatic rings. The second-order valence-corrected chi connectivity index (χ2v) is 15.1. The van der Waals surface area contributed by atoms with E-state index in [0.717, 1.165) is 31.8 Å². The summed E-state index contributed by atoms with van der Waals surface area (Å²) in [4.78, 5) is 12.2. The van der Waals surface area contributed by atoms with Crippen molar-refractivity contribution in [3.8, 4) is 11.5 Å². The zero-order chi connectivity index (χ0) is 31.1. The number of carbonyl (C=O) groups is 1. The predicted octanol–water partition coefficient (Wildman–Crippen LogP) is 4.94. The van der Waals surface area contributed by atoms with Gasteiger partial charge < -0.3 is 20.1 Å². The molecule has 7 nitrogen and oxygen atoms in total. The van der Waals surface area contributed by atoms with Crippen molar-refractivity contribution in [1.82, 2.24) is 5.32 Å². The zero-order valence-corrected chi connectivity index (χ0v) is 25.9. The molecule has 0 saturated heterocycles. The molecular weight excluding hydrogens is 581 g/mol. The molecule has 0 aliphatic heterocycles. The first-order valence-corrected chi connectivity index (χ1v) is 17.8. The average Bonchev–Trinajstić information content (AvgIpc) is 3.00. The summed E-state index contributed by atoms with van der Waals surface area (Å²) in [6, 6.07) is 37.4. The van der Waals surface area contributed by atoms with Gasteiger partial charge in [-0.05, 0) is 79.4 Å². The van der Waals surface area contributed by atoms with E-state index in [0.29, 0.717) is 18.4 Å². The minimum atomic E-state index is -3.92. The number of hydrogen-bond donors (Lipinski definition) is 3. The summed E-state index contributed by atoms with van der Waals surface area (Å²) in [5.74, 6) is -0.548. The third-order valence-electron chi connectivity index (χ3n) is 6.74. The topological polar surface area (TPSA) is 127 Å². The molecule has 0 radical (unpaired) electrons. The van der Waals surface area contributed by atoms with Gasteiger partial charge in [0.2, 0.25) is 5.91 Å². The van der Waals surface area contributed by atoms with Gasteiger partial charge in [-0.25, -0.2) is 8.42 Å². The molecular formula is C34H38NO6PS. The molecule has 0 bridgehead atoms. The largest absolute Gasteiger partial charge is 0.748 e. The number of rotatable bonds is 12. The standard InChI is InChI=1S/C33H34NO3P.CH4O3S/c35-31-22-20-27(26-32(31)36)21-23-33(37)34-24-12-1-2-13-25-38(28-14-6-3-7-15-28,29-16-8-4-9-17-29)30-18-10-5-11-19-30;1-5(2,3)4/h3-11,14-23,26H,1-2,12-13,24-25H2,(H2-,34,35,36,37);1H3,(H,2,3,4). The van der Waals surface area contributed by atoms with E-state index in [1.165, 1.54) is 34.1 Å². The summed E-state index contributed by atoms with van der Waals surface area (Å²) in [7, 11) is -5.70. The smallest absolute Gasteiger partial charge is 0.243 e. The Morgan fingerprint density at radius 3 is 1.67 bits per heavy atom. The van der Waals surface area contributed by atoms with Crippen molar-refractivity contribution in [2.75, 3.05) is 19.0 Å². The summed E-state index contributed by atoms with van der Waals surface area (Å²) in [6.45, 7) is 0.625. The monoisotopic (exact) mass is 619 g/mol. The Hall–Kier alpha value is -3.97. The molecule has 0 fully saturated rings. The second-order valence-electron chi connectivity index (χ2n) is 10.0. The highest BCUT2D eigenvalue weighted by atomic mass is 32.2. The van der Waals surface area contributed by atoms with E-state index in [-0.39, 0.29) is 17.4 Å². The molecule has 0 unspecified atom stereocenters. The van der Waals surface area contributed by atoms with E-state index >= 15 is 0 Å². The first-order valence-electron chi connectivity index (χ1n) is 14.0. The van der Waals surface area contributed by atoms with Crippen LogP contribution in [0.3, 0.4) is 0 Å². The Morgan fingerprint density at radius 2 is 1.21 bits per heavy atom. The van der Waals surface area contributed by atoms with Crippen LogP contribution < -0.4 is 21.2 Å². The Balaban J connectivity index is 0.000000934. The van der Waals surface area contributed by atoms with E-state index < -0.39 is 17.4 Å². The molecule has 43 heavy (non-hydrogen) atoms. The molecule has 0 aromatic heterocycles. The number of phenolic OH excluding ortho intramolecular Hbond substituents is 2. The van der Waals surface area contributed by atoms with Gasteiger partial charge in [-0.3, -0.25) is 4.79 Å². The fraction of sp³-hybridized carbons (Fsp3) is 0.206. The lowest BCUT2D eigenvalue weighted by Crippen LogP contribution is -2.33. The Labute approximate surface area is 255 Å². The van der Waals surface area contributed by atoms with Gasteiger partial charge in [-0.2, -0.15) is 0 Å². The highest BCUT2D eigenvalue weighted by Gasteiger charge is 2.44. The lowest BCUT2D eigenvalue weighted by atomic mass is 10.2. The number of nitrogens with one attached hydrogen (secondary N) is 1. The van der Waals surface area contributed by atoms with Crippen LogP contribution in [-0.2, 0) is 14.9 Å². The van der Waals surface area contributed by atoms with Gasteiger partial charge in [0.25, 0.3) is 0 Å². The number of hydrogen-bond acceptors (Lipinski definition) is 6. The molecule has 9 heteroatoms. The van der Waals surface area contributed by atoms with Crippen molar-refractivity contribution in [3.05, 3.63) is 121 Å². The molecule has 0 aliphatic rings. The van der Waals surface area contributed by atoms with E-state index in [4.69, 9.17) is 13.0 Å². The van der Waals surface area contributed by atoms with Crippen LogP contribution in [0, 0.1) is 0 Å². The summed E-state index contributed by atoms with van der Waals surface area (Å²) in [5.41, 5.74) is 0.650. The summed E-state index contributed by atoms with van der Waals surface area (Å²) in [6.07, 6.45) is 8.98. The summed E-state index contributed by atoms with van der Waals surface area (Å²) >= 11 is 0. The van der Waals surface area contributed by atoms with Crippen molar-refractivity contribution >= 4 is 45.3 Å². The molecule has 0 spiro atoms. The predicted molar refractivity (Wildman–Crippen MR) is 176 cm³/mol. The van der Waals surface area contributed by atoms with Crippen LogP contribution in [0.5, 0.6) is 11.5 Å². The number of carbonyl (C=O) groups excluding carboxylic acids is 1. The second kappa shape index (κ2) is 16.6. The molecule has 0 aliphatic carbocycles. The molecule has 4 rings (SSSR count). The number of benzene rings is 4. The van der Waals surface area contributed by atoms with Crippen LogP contribution >= 0.6 is 7.26 Å². The average molecular weight is 620 g/mol. The summed E-state index contributed by atoms with van der Waals surface area (Å²) in [5, 5.41) is 26.1. The Kier molecular flexibility index (Phi) is 13.0. The number of phenols is 2. The maximum absolute atomic E-state index is 12.2.